The molecular formula is C18H16N2O2S. The first kappa shape index (κ1) is 15.2. The monoisotopic (exact) mass is 324 g/mol. The summed E-state index contributed by atoms with van der Waals surface area (Å²) in [6.45, 7) is 4.01. The molecule has 1 aliphatic heterocycles. The van der Waals surface area contributed by atoms with Crippen LogP contribution in [0.5, 0.6) is 5.75 Å². The van der Waals surface area contributed by atoms with E-state index in [0.717, 1.165) is 16.8 Å². The summed E-state index contributed by atoms with van der Waals surface area (Å²) < 4.78 is 0. The molecule has 0 atom stereocenters. The van der Waals surface area contributed by atoms with Crippen LogP contribution in [0, 0.1) is 13.8 Å². The molecule has 2 aromatic carbocycles. The Kier molecular flexibility index (Phi) is 3.88. The molecule has 23 heavy (non-hydrogen) atoms. The second kappa shape index (κ2) is 5.85. The topological polar surface area (TPSA) is 52.6 Å². The van der Waals surface area contributed by atoms with Crippen LogP contribution in [-0.4, -0.2) is 16.1 Å². The van der Waals surface area contributed by atoms with E-state index in [0.29, 0.717) is 16.4 Å². The fourth-order valence-corrected chi connectivity index (χ4v) is 2.70. The highest BCUT2D eigenvalue weighted by Crippen LogP contribution is 2.26. The number of rotatable bonds is 2. The Hall–Kier alpha value is -2.66. The van der Waals surface area contributed by atoms with E-state index < -0.39 is 0 Å². The van der Waals surface area contributed by atoms with Gasteiger partial charge in [-0.15, -0.1) is 0 Å². The molecule has 2 N–H and O–H groups in total. The number of phenols is 1. The lowest BCUT2D eigenvalue weighted by molar-refractivity contribution is -0.113. The molecule has 116 valence electrons. The number of thiocarbonyl (C=S) groups is 1. The fraction of sp³-hybridized carbons (Fsp3) is 0.111. The number of aromatic hydroxyl groups is 1. The van der Waals surface area contributed by atoms with Crippen LogP contribution < -0.4 is 10.2 Å². The predicted octanol–water partition coefficient (Wildman–Crippen LogP) is 3.27. The van der Waals surface area contributed by atoms with Gasteiger partial charge in [0.25, 0.3) is 5.91 Å². The van der Waals surface area contributed by atoms with Gasteiger partial charge in [-0.1, -0.05) is 24.3 Å². The van der Waals surface area contributed by atoms with E-state index in [4.69, 9.17) is 12.2 Å². The number of carbonyl (C=O) groups is 1. The molecule has 0 aliphatic carbocycles. The van der Waals surface area contributed by atoms with Crippen molar-refractivity contribution in [3.63, 3.8) is 0 Å². The number of anilines is 1. The van der Waals surface area contributed by atoms with Gasteiger partial charge in [0.15, 0.2) is 5.11 Å². The summed E-state index contributed by atoms with van der Waals surface area (Å²) in [5.74, 6) is -0.119. The molecule has 4 nitrogen and oxygen atoms in total. The summed E-state index contributed by atoms with van der Waals surface area (Å²) in [6, 6.07) is 12.6. The molecule has 5 heteroatoms. The lowest BCUT2D eigenvalue weighted by Gasteiger charge is -2.15. The average molecular weight is 324 g/mol. The lowest BCUT2D eigenvalue weighted by Crippen LogP contribution is -2.30. The molecular weight excluding hydrogens is 308 g/mol. The van der Waals surface area contributed by atoms with E-state index in [-0.39, 0.29) is 11.7 Å². The first-order valence-corrected chi connectivity index (χ1v) is 7.60. The Labute approximate surface area is 140 Å². The Bertz CT molecular complexity index is 843. The number of para-hydroxylation sites is 1. The standard InChI is InChI=1S/C18H16N2O2S/c1-11-7-8-14(9-12(11)2)20-17(22)15(19-18(20)23)10-13-5-3-4-6-16(13)21/h3-10,21H,1-2H3,(H,19,23). The van der Waals surface area contributed by atoms with Gasteiger partial charge in [-0.2, -0.15) is 0 Å². The minimum atomic E-state index is -0.235. The maximum Gasteiger partial charge on any atom is 0.281 e. The Morgan fingerprint density at radius 3 is 2.57 bits per heavy atom. The molecule has 0 saturated carbocycles. The summed E-state index contributed by atoms with van der Waals surface area (Å²) in [4.78, 5) is 14.1. The van der Waals surface area contributed by atoms with Crippen LogP contribution in [0.1, 0.15) is 16.7 Å². The molecule has 0 radical (unpaired) electrons. The molecule has 2 aromatic rings. The van der Waals surface area contributed by atoms with Crippen LogP contribution in [0.3, 0.4) is 0 Å². The van der Waals surface area contributed by atoms with Crippen LogP contribution in [0.25, 0.3) is 6.08 Å². The van der Waals surface area contributed by atoms with Crippen molar-refractivity contribution in [1.82, 2.24) is 5.32 Å². The Morgan fingerprint density at radius 1 is 1.13 bits per heavy atom. The van der Waals surface area contributed by atoms with Crippen LogP contribution in [0.4, 0.5) is 5.69 Å². The molecule has 1 fully saturated rings. The summed E-state index contributed by atoms with van der Waals surface area (Å²) in [5, 5.41) is 13.1. The highest BCUT2D eigenvalue weighted by Gasteiger charge is 2.32. The zero-order valence-corrected chi connectivity index (χ0v) is 13.6. The van der Waals surface area contributed by atoms with E-state index in [2.05, 4.69) is 5.32 Å². The summed E-state index contributed by atoms with van der Waals surface area (Å²) >= 11 is 5.29. The smallest absolute Gasteiger partial charge is 0.281 e. The normalized spacial score (nSPS) is 16.1. The van der Waals surface area contributed by atoms with E-state index in [1.165, 1.54) is 4.90 Å². The van der Waals surface area contributed by atoms with Crippen molar-refractivity contribution in [1.29, 1.82) is 0 Å². The largest absolute Gasteiger partial charge is 0.507 e. The van der Waals surface area contributed by atoms with Gasteiger partial charge in [-0.25, -0.2) is 0 Å². The molecule has 0 unspecified atom stereocenters. The Morgan fingerprint density at radius 2 is 1.87 bits per heavy atom. The number of carbonyl (C=O) groups excluding carboxylic acids is 1. The van der Waals surface area contributed by atoms with Gasteiger partial charge in [-0.3, -0.25) is 9.69 Å². The van der Waals surface area contributed by atoms with E-state index in [9.17, 15) is 9.90 Å². The number of nitrogens with zero attached hydrogens (tertiary/aromatic N) is 1. The second-order valence-electron chi connectivity index (χ2n) is 5.46. The van der Waals surface area contributed by atoms with Crippen LogP contribution in [0.2, 0.25) is 0 Å². The molecule has 3 rings (SSSR count). The molecule has 1 saturated heterocycles. The third-order valence-corrected chi connectivity index (χ3v) is 4.15. The van der Waals surface area contributed by atoms with Crippen molar-refractivity contribution in [3.05, 3.63) is 64.9 Å². The molecule has 0 spiro atoms. The van der Waals surface area contributed by atoms with Crippen molar-refractivity contribution < 1.29 is 9.90 Å². The molecule has 1 amide bonds. The average Bonchev–Trinajstić information content (AvgIpc) is 2.79. The van der Waals surface area contributed by atoms with Gasteiger partial charge in [0.2, 0.25) is 0 Å². The van der Waals surface area contributed by atoms with Gasteiger partial charge in [-0.05, 0) is 61.5 Å². The van der Waals surface area contributed by atoms with Crippen LogP contribution >= 0.6 is 12.2 Å². The number of nitrogens with one attached hydrogen (secondary N) is 1. The number of hydrogen-bond donors (Lipinski definition) is 2. The number of phenolic OH excluding ortho intramolecular Hbond substituents is 1. The number of benzene rings is 2. The summed E-state index contributed by atoms with van der Waals surface area (Å²) in [5.41, 5.74) is 3.89. The van der Waals surface area contributed by atoms with Crippen molar-refractivity contribution in [2.75, 3.05) is 4.90 Å². The maximum atomic E-state index is 12.7. The third-order valence-electron chi connectivity index (χ3n) is 3.86. The predicted molar refractivity (Wildman–Crippen MR) is 95.2 cm³/mol. The van der Waals surface area contributed by atoms with Gasteiger partial charge >= 0.3 is 0 Å². The van der Waals surface area contributed by atoms with E-state index in [1.54, 1.807) is 30.3 Å². The van der Waals surface area contributed by atoms with Crippen molar-refractivity contribution in [2.45, 2.75) is 13.8 Å². The van der Waals surface area contributed by atoms with Crippen molar-refractivity contribution in [2.24, 2.45) is 0 Å². The maximum absolute atomic E-state index is 12.7. The van der Waals surface area contributed by atoms with E-state index >= 15 is 0 Å². The molecule has 0 aromatic heterocycles. The quantitative estimate of drug-likeness (QED) is 0.657. The second-order valence-corrected chi connectivity index (χ2v) is 5.84. The molecule has 0 bridgehead atoms. The zero-order valence-electron chi connectivity index (χ0n) is 12.8. The van der Waals surface area contributed by atoms with Gasteiger partial charge in [0, 0.05) is 5.56 Å². The zero-order chi connectivity index (χ0) is 16.6. The number of aryl methyl sites for hydroxylation is 2. The van der Waals surface area contributed by atoms with Gasteiger partial charge in [0.05, 0.1) is 5.69 Å². The van der Waals surface area contributed by atoms with Crippen LogP contribution in [-0.2, 0) is 4.79 Å². The summed E-state index contributed by atoms with van der Waals surface area (Å²) in [7, 11) is 0. The first-order valence-electron chi connectivity index (χ1n) is 7.20. The fourth-order valence-electron chi connectivity index (χ4n) is 2.40. The van der Waals surface area contributed by atoms with E-state index in [1.807, 2.05) is 32.0 Å². The SMILES string of the molecule is Cc1ccc(N2C(=O)C(=Cc3ccccc3O)NC2=S)cc1C. The highest BCUT2D eigenvalue weighted by atomic mass is 32.1. The molecule has 1 aliphatic rings. The van der Waals surface area contributed by atoms with Crippen molar-refractivity contribution >= 4 is 35.0 Å². The highest BCUT2D eigenvalue weighted by molar-refractivity contribution is 7.80. The molecule has 1 heterocycles. The number of amides is 1. The van der Waals surface area contributed by atoms with Crippen molar-refractivity contribution in [3.8, 4) is 5.75 Å². The van der Waals surface area contributed by atoms with Gasteiger partial charge in [0.1, 0.15) is 11.4 Å². The number of hydrogen-bond acceptors (Lipinski definition) is 3. The van der Waals surface area contributed by atoms with Gasteiger partial charge < -0.3 is 10.4 Å². The minimum Gasteiger partial charge on any atom is -0.507 e. The first-order chi connectivity index (χ1) is 11.0. The lowest BCUT2D eigenvalue weighted by atomic mass is 10.1. The third kappa shape index (κ3) is 2.83. The van der Waals surface area contributed by atoms with Crippen LogP contribution in [0.15, 0.2) is 48.2 Å². The summed E-state index contributed by atoms with van der Waals surface area (Å²) in [6.07, 6.45) is 1.60. The minimum absolute atomic E-state index is 0.116. The Balaban J connectivity index is 1.97.